The number of benzene rings is 1. The van der Waals surface area contributed by atoms with Gasteiger partial charge in [0.25, 0.3) is 5.91 Å². The molecule has 1 aliphatic heterocycles. The minimum Gasteiger partial charge on any atom is -0.373 e. The molecule has 146 valence electrons. The SMILES string of the molecule is CCn1nc(C)cc1C(=O)Nc1nc2cc(C(N)=O)cc3c2n1CCCN3C. The first kappa shape index (κ1) is 18.0. The molecule has 4 rings (SSSR count). The van der Waals surface area contributed by atoms with Gasteiger partial charge in [-0.15, -0.1) is 0 Å². The number of nitrogens with two attached hydrogens (primary N) is 1. The largest absolute Gasteiger partial charge is 0.373 e. The van der Waals surface area contributed by atoms with E-state index in [1.807, 2.05) is 25.5 Å². The van der Waals surface area contributed by atoms with Gasteiger partial charge < -0.3 is 15.2 Å². The highest BCUT2D eigenvalue weighted by atomic mass is 16.2. The minimum atomic E-state index is -0.502. The molecule has 1 aliphatic rings. The molecule has 0 unspecified atom stereocenters. The van der Waals surface area contributed by atoms with Gasteiger partial charge in [0.05, 0.1) is 22.4 Å². The first-order chi connectivity index (χ1) is 13.4. The standard InChI is InChI=1S/C19H23N7O2/c1-4-26-15(8-11(2)23-26)18(28)22-19-21-13-9-12(17(20)27)10-14-16(13)25(19)7-5-6-24(14)3/h8-10H,4-7H2,1-3H3,(H2,20,27)(H,21,22,28). The number of aryl methyl sites for hydroxylation is 3. The van der Waals surface area contributed by atoms with E-state index in [2.05, 4.69) is 20.3 Å². The second-order valence-electron chi connectivity index (χ2n) is 7.03. The zero-order valence-corrected chi connectivity index (χ0v) is 16.2. The van der Waals surface area contributed by atoms with Crippen LogP contribution in [0.25, 0.3) is 11.0 Å². The van der Waals surface area contributed by atoms with Crippen molar-refractivity contribution in [3.05, 3.63) is 35.2 Å². The van der Waals surface area contributed by atoms with Gasteiger partial charge in [-0.05, 0) is 38.5 Å². The molecule has 1 aromatic carbocycles. The smallest absolute Gasteiger partial charge is 0.276 e. The summed E-state index contributed by atoms with van der Waals surface area (Å²) in [4.78, 5) is 31.3. The number of amides is 2. The molecule has 28 heavy (non-hydrogen) atoms. The Labute approximate surface area is 162 Å². The number of aromatic nitrogens is 4. The Morgan fingerprint density at radius 3 is 2.75 bits per heavy atom. The fourth-order valence-electron chi connectivity index (χ4n) is 3.71. The fraction of sp³-hybridized carbons (Fsp3) is 0.368. The van der Waals surface area contributed by atoms with Crippen molar-refractivity contribution in [3.63, 3.8) is 0 Å². The van der Waals surface area contributed by atoms with Crippen LogP contribution >= 0.6 is 0 Å². The summed E-state index contributed by atoms with van der Waals surface area (Å²) in [5, 5.41) is 7.25. The van der Waals surface area contributed by atoms with Gasteiger partial charge in [0.15, 0.2) is 0 Å². The van der Waals surface area contributed by atoms with Crippen molar-refractivity contribution < 1.29 is 9.59 Å². The third-order valence-corrected chi connectivity index (χ3v) is 5.05. The van der Waals surface area contributed by atoms with Crippen LogP contribution in [-0.4, -0.2) is 44.7 Å². The molecule has 9 nitrogen and oxygen atoms in total. The van der Waals surface area contributed by atoms with Gasteiger partial charge in [0.2, 0.25) is 11.9 Å². The number of rotatable bonds is 4. The lowest BCUT2D eigenvalue weighted by Gasteiger charge is -2.17. The zero-order chi connectivity index (χ0) is 20.0. The third kappa shape index (κ3) is 2.88. The molecule has 0 radical (unpaired) electrons. The van der Waals surface area contributed by atoms with Gasteiger partial charge in [0, 0.05) is 32.2 Å². The van der Waals surface area contributed by atoms with Gasteiger partial charge >= 0.3 is 0 Å². The maximum absolute atomic E-state index is 12.9. The molecule has 3 N–H and O–H groups in total. The number of carbonyl (C=O) groups excluding carboxylic acids is 2. The molecule has 0 fully saturated rings. The van der Waals surface area contributed by atoms with Crippen LogP contribution in [0.5, 0.6) is 0 Å². The molecule has 0 saturated carbocycles. The molecule has 0 saturated heterocycles. The van der Waals surface area contributed by atoms with Crippen LogP contribution in [0.2, 0.25) is 0 Å². The number of anilines is 2. The first-order valence-corrected chi connectivity index (χ1v) is 9.30. The van der Waals surface area contributed by atoms with E-state index in [1.165, 1.54) is 0 Å². The predicted molar refractivity (Wildman–Crippen MR) is 107 cm³/mol. The molecule has 0 bridgehead atoms. The molecule has 3 aromatic rings. The Morgan fingerprint density at radius 2 is 2.04 bits per heavy atom. The maximum Gasteiger partial charge on any atom is 0.276 e. The maximum atomic E-state index is 12.9. The summed E-state index contributed by atoms with van der Waals surface area (Å²) >= 11 is 0. The number of nitrogens with one attached hydrogen (secondary N) is 1. The van der Waals surface area contributed by atoms with Crippen molar-refractivity contribution in [3.8, 4) is 0 Å². The summed E-state index contributed by atoms with van der Waals surface area (Å²) in [6.45, 7) is 5.94. The van der Waals surface area contributed by atoms with Crippen LogP contribution in [-0.2, 0) is 13.1 Å². The summed E-state index contributed by atoms with van der Waals surface area (Å²) in [7, 11) is 1.98. The lowest BCUT2D eigenvalue weighted by molar-refractivity contribution is 0.0996. The molecule has 0 atom stereocenters. The van der Waals surface area contributed by atoms with E-state index in [-0.39, 0.29) is 5.91 Å². The summed E-state index contributed by atoms with van der Waals surface area (Å²) in [5.41, 5.74) is 9.58. The van der Waals surface area contributed by atoms with Gasteiger partial charge in [-0.3, -0.25) is 19.6 Å². The number of nitrogens with zero attached hydrogens (tertiary/aromatic N) is 5. The average molecular weight is 381 g/mol. The second-order valence-corrected chi connectivity index (χ2v) is 7.03. The molecule has 9 heteroatoms. The van der Waals surface area contributed by atoms with E-state index in [0.29, 0.717) is 35.8 Å². The number of imidazole rings is 1. The molecule has 2 aromatic heterocycles. The van der Waals surface area contributed by atoms with Crippen LogP contribution in [0.3, 0.4) is 0 Å². The minimum absolute atomic E-state index is 0.261. The summed E-state index contributed by atoms with van der Waals surface area (Å²) in [6.07, 6.45) is 0.886. The topological polar surface area (TPSA) is 111 Å². The van der Waals surface area contributed by atoms with E-state index in [4.69, 9.17) is 5.73 Å². The van der Waals surface area contributed by atoms with Crippen LogP contribution in [0.4, 0.5) is 11.6 Å². The average Bonchev–Trinajstić information content (AvgIpc) is 3.15. The summed E-state index contributed by atoms with van der Waals surface area (Å²) in [6, 6.07) is 5.22. The van der Waals surface area contributed by atoms with Crippen molar-refractivity contribution in [2.24, 2.45) is 5.73 Å². The third-order valence-electron chi connectivity index (χ3n) is 5.05. The molecular formula is C19H23N7O2. The van der Waals surface area contributed by atoms with E-state index in [9.17, 15) is 9.59 Å². The van der Waals surface area contributed by atoms with Crippen molar-refractivity contribution in [1.29, 1.82) is 0 Å². The van der Waals surface area contributed by atoms with Gasteiger partial charge in [-0.25, -0.2) is 4.98 Å². The Balaban J connectivity index is 1.81. The normalized spacial score (nSPS) is 13.6. The van der Waals surface area contributed by atoms with Crippen molar-refractivity contribution in [2.75, 3.05) is 23.8 Å². The first-order valence-electron chi connectivity index (χ1n) is 9.30. The quantitative estimate of drug-likeness (QED) is 0.715. The van der Waals surface area contributed by atoms with Gasteiger partial charge in [-0.1, -0.05) is 0 Å². The van der Waals surface area contributed by atoms with E-state index >= 15 is 0 Å². The van der Waals surface area contributed by atoms with Crippen molar-refractivity contribution >= 4 is 34.5 Å². The lowest BCUT2D eigenvalue weighted by Crippen LogP contribution is -2.20. The van der Waals surface area contributed by atoms with Crippen molar-refractivity contribution in [2.45, 2.75) is 33.4 Å². The van der Waals surface area contributed by atoms with Crippen LogP contribution < -0.4 is 16.0 Å². The molecule has 0 spiro atoms. The summed E-state index contributed by atoms with van der Waals surface area (Å²) < 4.78 is 3.66. The van der Waals surface area contributed by atoms with E-state index < -0.39 is 5.91 Å². The van der Waals surface area contributed by atoms with Gasteiger partial charge in [0.1, 0.15) is 5.69 Å². The number of hydrogen-bond acceptors (Lipinski definition) is 5. The zero-order valence-electron chi connectivity index (χ0n) is 16.2. The highest BCUT2D eigenvalue weighted by molar-refractivity contribution is 6.05. The number of hydrogen-bond donors (Lipinski definition) is 2. The molecule has 3 heterocycles. The number of carbonyl (C=O) groups is 2. The Kier molecular flexibility index (Phi) is 4.29. The monoisotopic (exact) mass is 381 g/mol. The molecular weight excluding hydrogens is 358 g/mol. The van der Waals surface area contributed by atoms with Gasteiger partial charge in [-0.2, -0.15) is 5.10 Å². The Morgan fingerprint density at radius 1 is 1.25 bits per heavy atom. The Hall–Kier alpha value is -3.36. The van der Waals surface area contributed by atoms with E-state index in [1.54, 1.807) is 22.9 Å². The van der Waals surface area contributed by atoms with E-state index in [0.717, 1.165) is 29.9 Å². The number of primary amides is 1. The predicted octanol–water partition coefficient (Wildman–Crippen LogP) is 1.75. The highest BCUT2D eigenvalue weighted by Gasteiger charge is 2.23. The van der Waals surface area contributed by atoms with Crippen LogP contribution in [0.1, 0.15) is 39.9 Å². The molecule has 0 aliphatic carbocycles. The lowest BCUT2D eigenvalue weighted by atomic mass is 10.1. The Bertz CT molecular complexity index is 1100. The fourth-order valence-corrected chi connectivity index (χ4v) is 3.71. The van der Waals surface area contributed by atoms with Crippen LogP contribution in [0, 0.1) is 6.92 Å². The highest BCUT2D eigenvalue weighted by Crippen LogP contribution is 2.33. The van der Waals surface area contributed by atoms with Crippen molar-refractivity contribution in [1.82, 2.24) is 19.3 Å². The summed E-state index contributed by atoms with van der Waals surface area (Å²) in [5.74, 6) is -0.304. The molecule has 2 amide bonds. The van der Waals surface area contributed by atoms with Crippen LogP contribution in [0.15, 0.2) is 18.2 Å². The second kappa shape index (κ2) is 6.66.